The van der Waals surface area contributed by atoms with Gasteiger partial charge in [0.15, 0.2) is 0 Å². The van der Waals surface area contributed by atoms with Gasteiger partial charge in [0.2, 0.25) is 10.0 Å². The van der Waals surface area contributed by atoms with Crippen LogP contribution in [0.2, 0.25) is 0 Å². The third kappa shape index (κ3) is 6.54. The van der Waals surface area contributed by atoms with Gasteiger partial charge >= 0.3 is 6.36 Å². The van der Waals surface area contributed by atoms with Crippen LogP contribution < -0.4 is 14.8 Å². The number of carbonyl (C=O) groups excluding carboxylic acids is 1. The lowest BCUT2D eigenvalue weighted by Crippen LogP contribution is -2.25. The van der Waals surface area contributed by atoms with Gasteiger partial charge in [0.1, 0.15) is 5.75 Å². The molecule has 0 spiro atoms. The zero-order valence-corrected chi connectivity index (χ0v) is 17.5. The van der Waals surface area contributed by atoms with Gasteiger partial charge in [-0.05, 0) is 41.8 Å². The van der Waals surface area contributed by atoms with E-state index < -0.39 is 28.0 Å². The molecule has 1 aromatic heterocycles. The van der Waals surface area contributed by atoms with Crippen LogP contribution in [0.15, 0.2) is 70.9 Å². The Labute approximate surface area is 180 Å². The summed E-state index contributed by atoms with van der Waals surface area (Å²) in [6.45, 7) is -0.0465. The van der Waals surface area contributed by atoms with Crippen LogP contribution in [0.3, 0.4) is 0 Å². The largest absolute Gasteiger partial charge is 0.573 e. The molecule has 0 aliphatic heterocycles. The number of para-hydroxylation sites is 1. The van der Waals surface area contributed by atoms with Crippen LogP contribution >= 0.6 is 11.3 Å². The van der Waals surface area contributed by atoms with Crippen LogP contribution in [0.1, 0.15) is 20.8 Å². The molecule has 0 aliphatic rings. The van der Waals surface area contributed by atoms with E-state index in [9.17, 15) is 26.4 Å². The molecular formula is C20H17F3N2O4S2. The molecule has 0 fully saturated rings. The molecule has 0 saturated carbocycles. The van der Waals surface area contributed by atoms with E-state index >= 15 is 0 Å². The Morgan fingerprint density at radius 3 is 2.32 bits per heavy atom. The zero-order valence-electron chi connectivity index (χ0n) is 15.8. The zero-order chi connectivity index (χ0) is 22.5. The van der Waals surface area contributed by atoms with E-state index in [0.717, 1.165) is 10.9 Å². The Bertz CT molecular complexity index is 1130. The summed E-state index contributed by atoms with van der Waals surface area (Å²) in [6.07, 6.45) is -4.85. The molecule has 0 bridgehead atoms. The van der Waals surface area contributed by atoms with Crippen molar-refractivity contribution in [3.63, 3.8) is 0 Å². The summed E-state index contributed by atoms with van der Waals surface area (Å²) in [7, 11) is -3.76. The first-order chi connectivity index (χ1) is 14.6. The average molecular weight is 470 g/mol. The fourth-order valence-corrected chi connectivity index (χ4v) is 4.34. The van der Waals surface area contributed by atoms with Gasteiger partial charge in [-0.25, -0.2) is 13.1 Å². The summed E-state index contributed by atoms with van der Waals surface area (Å²) < 4.78 is 68.6. The van der Waals surface area contributed by atoms with Crippen molar-refractivity contribution in [3.8, 4) is 5.75 Å². The molecule has 1 heterocycles. The third-order valence-electron chi connectivity index (χ3n) is 4.08. The number of alkyl halides is 3. The number of nitrogens with one attached hydrogen (secondary N) is 2. The van der Waals surface area contributed by atoms with E-state index in [1.165, 1.54) is 53.8 Å². The van der Waals surface area contributed by atoms with Crippen molar-refractivity contribution in [2.45, 2.75) is 24.3 Å². The monoisotopic (exact) mass is 470 g/mol. The molecule has 6 nitrogen and oxygen atoms in total. The molecule has 2 N–H and O–H groups in total. The summed E-state index contributed by atoms with van der Waals surface area (Å²) >= 11 is 1.42. The van der Waals surface area contributed by atoms with Gasteiger partial charge < -0.3 is 10.1 Å². The van der Waals surface area contributed by atoms with Crippen LogP contribution in [0.5, 0.6) is 5.75 Å². The third-order valence-corrected chi connectivity index (χ3v) is 6.37. The quantitative estimate of drug-likeness (QED) is 0.520. The molecule has 3 aromatic rings. The van der Waals surface area contributed by atoms with E-state index in [1.54, 1.807) is 6.07 Å². The number of hydrogen-bond donors (Lipinski definition) is 2. The molecule has 0 aliphatic carbocycles. The number of ether oxygens (including phenoxy) is 1. The number of amides is 1. The summed E-state index contributed by atoms with van der Waals surface area (Å²) in [5, 5.41) is 4.33. The molecule has 0 saturated heterocycles. The smallest absolute Gasteiger partial charge is 0.405 e. The van der Waals surface area contributed by atoms with Gasteiger partial charge in [-0.15, -0.1) is 24.5 Å². The number of benzene rings is 2. The Morgan fingerprint density at radius 2 is 1.68 bits per heavy atom. The van der Waals surface area contributed by atoms with Crippen LogP contribution in [-0.4, -0.2) is 20.7 Å². The van der Waals surface area contributed by atoms with E-state index in [-0.39, 0.29) is 29.1 Å². The van der Waals surface area contributed by atoms with Crippen LogP contribution in [0, 0.1) is 0 Å². The number of halogens is 3. The maximum atomic E-state index is 12.5. The average Bonchev–Trinajstić information content (AvgIpc) is 3.24. The Kier molecular flexibility index (Phi) is 6.98. The second-order valence-corrected chi connectivity index (χ2v) is 9.07. The lowest BCUT2D eigenvalue weighted by molar-refractivity contribution is -0.274. The molecule has 0 radical (unpaired) electrons. The Morgan fingerprint density at radius 1 is 0.968 bits per heavy atom. The summed E-state index contributed by atoms with van der Waals surface area (Å²) in [5.41, 5.74) is 0.302. The normalized spacial score (nSPS) is 11.8. The van der Waals surface area contributed by atoms with Crippen molar-refractivity contribution >= 4 is 27.3 Å². The molecule has 1 amide bonds. The van der Waals surface area contributed by atoms with Crippen molar-refractivity contribution < 1.29 is 31.1 Å². The van der Waals surface area contributed by atoms with E-state index in [1.807, 2.05) is 11.4 Å². The van der Waals surface area contributed by atoms with E-state index in [0.29, 0.717) is 0 Å². The lowest BCUT2D eigenvalue weighted by atomic mass is 10.2. The predicted octanol–water partition coefficient (Wildman–Crippen LogP) is 4.06. The van der Waals surface area contributed by atoms with E-state index in [2.05, 4.69) is 14.8 Å². The van der Waals surface area contributed by atoms with Gasteiger partial charge in [0.25, 0.3) is 5.91 Å². The fourth-order valence-electron chi connectivity index (χ4n) is 2.60. The highest BCUT2D eigenvalue weighted by atomic mass is 32.2. The molecule has 164 valence electrons. The predicted molar refractivity (Wildman–Crippen MR) is 109 cm³/mol. The van der Waals surface area contributed by atoms with Gasteiger partial charge in [-0.3, -0.25) is 4.79 Å². The van der Waals surface area contributed by atoms with Crippen molar-refractivity contribution in [2.75, 3.05) is 0 Å². The highest BCUT2D eigenvalue weighted by Gasteiger charge is 2.32. The van der Waals surface area contributed by atoms with Crippen molar-refractivity contribution in [2.24, 2.45) is 0 Å². The first-order valence-electron chi connectivity index (χ1n) is 8.88. The number of thiophene rings is 1. The van der Waals surface area contributed by atoms with Crippen molar-refractivity contribution in [1.29, 1.82) is 0 Å². The lowest BCUT2D eigenvalue weighted by Gasteiger charge is -2.13. The maximum Gasteiger partial charge on any atom is 0.573 e. The standard InChI is InChI=1S/C20H17F3N2O4S2/c21-20(22,23)29-18-6-2-1-4-15(18)12-24-19(26)14-7-9-17(10-8-14)31(27,28)25-13-16-5-3-11-30-16/h1-11,25H,12-13H2,(H,24,26). The second-order valence-electron chi connectivity index (χ2n) is 6.27. The first kappa shape index (κ1) is 22.8. The Hall–Kier alpha value is -2.89. The van der Waals surface area contributed by atoms with E-state index in [4.69, 9.17) is 0 Å². The summed E-state index contributed by atoms with van der Waals surface area (Å²) in [6, 6.07) is 14.3. The number of carbonyl (C=O) groups is 1. The highest BCUT2D eigenvalue weighted by Crippen LogP contribution is 2.26. The molecule has 11 heteroatoms. The van der Waals surface area contributed by atoms with Crippen molar-refractivity contribution in [3.05, 3.63) is 82.0 Å². The topological polar surface area (TPSA) is 84.5 Å². The summed E-state index contributed by atoms with van der Waals surface area (Å²) in [5.74, 6) is -0.981. The van der Waals surface area contributed by atoms with Crippen LogP contribution in [-0.2, 0) is 23.1 Å². The van der Waals surface area contributed by atoms with Crippen LogP contribution in [0.25, 0.3) is 0 Å². The SMILES string of the molecule is O=C(NCc1ccccc1OC(F)(F)F)c1ccc(S(=O)(=O)NCc2cccs2)cc1. The summed E-state index contributed by atoms with van der Waals surface area (Å²) in [4.78, 5) is 13.2. The van der Waals surface area contributed by atoms with Gasteiger partial charge in [-0.2, -0.15) is 0 Å². The van der Waals surface area contributed by atoms with Gasteiger partial charge in [0, 0.05) is 29.1 Å². The van der Waals surface area contributed by atoms with Gasteiger partial charge in [-0.1, -0.05) is 24.3 Å². The minimum atomic E-state index is -4.85. The second kappa shape index (κ2) is 9.50. The van der Waals surface area contributed by atoms with Crippen LogP contribution in [0.4, 0.5) is 13.2 Å². The Balaban J connectivity index is 1.62. The molecule has 2 aromatic carbocycles. The number of sulfonamides is 1. The molecule has 31 heavy (non-hydrogen) atoms. The maximum absolute atomic E-state index is 12.5. The van der Waals surface area contributed by atoms with Gasteiger partial charge in [0.05, 0.1) is 4.90 Å². The number of hydrogen-bond acceptors (Lipinski definition) is 5. The molecule has 0 unspecified atom stereocenters. The molecule has 0 atom stereocenters. The number of rotatable bonds is 8. The first-order valence-corrected chi connectivity index (χ1v) is 11.2. The van der Waals surface area contributed by atoms with Crippen molar-refractivity contribution in [1.82, 2.24) is 10.0 Å². The fraction of sp³-hybridized carbons (Fsp3) is 0.150. The minimum Gasteiger partial charge on any atom is -0.405 e. The molecule has 3 rings (SSSR count). The molecular weight excluding hydrogens is 453 g/mol. The minimum absolute atomic E-state index is 0.00970. The highest BCUT2D eigenvalue weighted by molar-refractivity contribution is 7.89.